The number of H-pyrrole nitrogens is 1. The van der Waals surface area contributed by atoms with E-state index in [1.165, 1.54) is 12.3 Å². The van der Waals surface area contributed by atoms with Crippen molar-refractivity contribution in [3.05, 3.63) is 46.0 Å². The zero-order chi connectivity index (χ0) is 22.1. The molecule has 0 aliphatic carbocycles. The van der Waals surface area contributed by atoms with E-state index in [4.69, 9.17) is 11.5 Å². The fourth-order valence-electron chi connectivity index (χ4n) is 3.64. The minimum absolute atomic E-state index is 0.0106. The maximum atomic E-state index is 13.7. The lowest BCUT2D eigenvalue weighted by Gasteiger charge is -2.36. The highest BCUT2D eigenvalue weighted by Crippen LogP contribution is 2.33. The van der Waals surface area contributed by atoms with Crippen LogP contribution in [0.15, 0.2) is 50.4 Å². The van der Waals surface area contributed by atoms with Gasteiger partial charge in [0.2, 0.25) is 6.41 Å². The summed E-state index contributed by atoms with van der Waals surface area (Å²) in [6, 6.07) is 0.358. The van der Waals surface area contributed by atoms with Crippen LogP contribution in [0.25, 0.3) is 0 Å². The Morgan fingerprint density at radius 2 is 2.17 bits per heavy atom. The number of hydrogen-bond acceptors (Lipinski definition) is 8. The molecule has 0 aromatic carbocycles. The molecule has 1 aromatic heterocycles. The summed E-state index contributed by atoms with van der Waals surface area (Å²) in [5, 5.41) is 5.68. The number of carbonyl (C=O) groups is 1. The Labute approximate surface area is 174 Å². The summed E-state index contributed by atoms with van der Waals surface area (Å²) in [6.07, 6.45) is 2.24. The molecular weight excluding hydrogens is 410 g/mol. The highest BCUT2D eigenvalue weighted by atomic mass is 32.2. The number of nitrogens with zero attached hydrogens (tertiary/aromatic N) is 2. The summed E-state index contributed by atoms with van der Waals surface area (Å²) in [5.74, 6) is 0.0106. The minimum Gasteiger partial charge on any atom is -0.393 e. The number of nitrogens with one attached hydrogen (secondary N) is 3. The molecule has 3 heterocycles. The molecule has 1 aromatic rings. The van der Waals surface area contributed by atoms with Crippen molar-refractivity contribution in [1.29, 1.82) is 0 Å². The van der Waals surface area contributed by atoms with Crippen LogP contribution in [-0.2, 0) is 14.8 Å². The van der Waals surface area contributed by atoms with E-state index in [9.17, 15) is 18.0 Å². The lowest BCUT2D eigenvalue weighted by atomic mass is 9.95. The van der Waals surface area contributed by atoms with Crippen LogP contribution in [0.1, 0.15) is 13.3 Å². The molecular formula is C18H25N7O4S. The van der Waals surface area contributed by atoms with Crippen LogP contribution in [-0.4, -0.2) is 61.7 Å². The van der Waals surface area contributed by atoms with Crippen LogP contribution in [0.4, 0.5) is 5.69 Å². The van der Waals surface area contributed by atoms with Gasteiger partial charge in [-0.15, -0.1) is 0 Å². The number of anilines is 1. The molecule has 1 fully saturated rings. The van der Waals surface area contributed by atoms with E-state index < -0.39 is 27.3 Å². The van der Waals surface area contributed by atoms with E-state index in [1.54, 1.807) is 6.92 Å². The molecule has 2 aliphatic heterocycles. The zero-order valence-corrected chi connectivity index (χ0v) is 17.3. The van der Waals surface area contributed by atoms with Gasteiger partial charge in [0.25, 0.3) is 15.6 Å². The largest absolute Gasteiger partial charge is 0.393 e. The lowest BCUT2D eigenvalue weighted by molar-refractivity contribution is -0.109. The van der Waals surface area contributed by atoms with Crippen LogP contribution in [0, 0.1) is 0 Å². The van der Waals surface area contributed by atoms with E-state index in [2.05, 4.69) is 27.2 Å². The maximum Gasteiger partial charge on any atom is 0.272 e. The van der Waals surface area contributed by atoms with E-state index in [0.717, 1.165) is 4.31 Å². The third-order valence-electron chi connectivity index (χ3n) is 5.20. The number of pyridine rings is 1. The molecule has 3 rings (SSSR count). The number of dihydropyridines is 1. The van der Waals surface area contributed by atoms with Crippen molar-refractivity contribution in [1.82, 2.24) is 19.9 Å². The minimum atomic E-state index is -4.30. The molecule has 0 radical (unpaired) electrons. The van der Waals surface area contributed by atoms with Crippen molar-refractivity contribution >= 4 is 28.0 Å². The number of aromatic nitrogens is 1. The predicted molar refractivity (Wildman–Crippen MR) is 113 cm³/mol. The fourth-order valence-corrected chi connectivity index (χ4v) is 5.47. The molecule has 0 spiro atoms. The first-order chi connectivity index (χ1) is 14.2. The van der Waals surface area contributed by atoms with Crippen LogP contribution in [0.2, 0.25) is 0 Å². The standard InChI is InChI=1S/C18H25N7O4S/c1-10-11(2)24-17(20)16(13(10)8-22-9-26)25(12-3-5-21-7-12)30(28,29)14-4-6-23-18(27)15(14)19/h4,6,9,11-12,21H,1,3,5,7-8,19H2,2H3,(H2,20,24)(H,22,26)(H,23,27). The molecule has 7 N–H and O–H groups in total. The molecule has 0 saturated carbocycles. The Balaban J connectivity index is 2.27. The Morgan fingerprint density at radius 3 is 2.80 bits per heavy atom. The number of nitrogens with two attached hydrogens (primary N) is 2. The second kappa shape index (κ2) is 8.32. The van der Waals surface area contributed by atoms with Crippen LogP contribution in [0.3, 0.4) is 0 Å². The lowest BCUT2D eigenvalue weighted by Crippen LogP contribution is -2.47. The number of sulfonamides is 1. The molecule has 0 bridgehead atoms. The molecule has 1 amide bonds. The zero-order valence-electron chi connectivity index (χ0n) is 16.5. The first-order valence-electron chi connectivity index (χ1n) is 9.35. The molecule has 2 aliphatic rings. The number of rotatable bonds is 7. The van der Waals surface area contributed by atoms with Crippen molar-refractivity contribution < 1.29 is 13.2 Å². The number of amidine groups is 1. The molecule has 162 valence electrons. The molecule has 11 nitrogen and oxygen atoms in total. The number of carbonyl (C=O) groups excluding carboxylic acids is 1. The van der Waals surface area contributed by atoms with Gasteiger partial charge in [0.15, 0.2) is 0 Å². The van der Waals surface area contributed by atoms with Crippen molar-refractivity contribution in [2.24, 2.45) is 10.7 Å². The number of aliphatic imine (C=N–C) groups is 1. The van der Waals surface area contributed by atoms with Crippen LogP contribution >= 0.6 is 0 Å². The van der Waals surface area contributed by atoms with Gasteiger partial charge < -0.3 is 27.1 Å². The quantitative estimate of drug-likeness (QED) is 0.328. The van der Waals surface area contributed by atoms with E-state index >= 15 is 0 Å². The SMILES string of the molecule is C=C1C(CNC=O)=C(N(C2CCNC2)S(=O)(=O)c2cc[nH]c(=O)c2N)C(N)=NC1C. The van der Waals surface area contributed by atoms with Gasteiger partial charge in [0, 0.05) is 24.9 Å². The van der Waals surface area contributed by atoms with Gasteiger partial charge in [-0.1, -0.05) is 6.58 Å². The Morgan fingerprint density at radius 1 is 1.43 bits per heavy atom. The number of nitrogen functional groups attached to an aromatic ring is 1. The average molecular weight is 436 g/mol. The molecule has 30 heavy (non-hydrogen) atoms. The fraction of sp³-hybridized carbons (Fsp3) is 0.389. The van der Waals surface area contributed by atoms with Gasteiger partial charge >= 0.3 is 0 Å². The Bertz CT molecular complexity index is 1080. The Kier molecular flexibility index (Phi) is 5.99. The Hall–Kier alpha value is -3.12. The third-order valence-corrected chi connectivity index (χ3v) is 7.11. The van der Waals surface area contributed by atoms with Crippen molar-refractivity contribution in [2.45, 2.75) is 30.3 Å². The molecule has 1 saturated heterocycles. The summed E-state index contributed by atoms with van der Waals surface area (Å²) < 4.78 is 28.7. The van der Waals surface area contributed by atoms with Gasteiger partial charge in [0.1, 0.15) is 16.4 Å². The van der Waals surface area contributed by atoms with Crippen molar-refractivity contribution in [3.63, 3.8) is 0 Å². The molecule has 2 atom stereocenters. The first kappa shape index (κ1) is 21.6. The summed E-state index contributed by atoms with van der Waals surface area (Å²) in [6.45, 7) is 6.79. The van der Waals surface area contributed by atoms with Crippen molar-refractivity contribution in [2.75, 3.05) is 25.4 Å². The van der Waals surface area contributed by atoms with Crippen molar-refractivity contribution in [3.8, 4) is 0 Å². The molecule has 2 unspecified atom stereocenters. The summed E-state index contributed by atoms with van der Waals surface area (Å²) >= 11 is 0. The summed E-state index contributed by atoms with van der Waals surface area (Å²) in [5.41, 5.74) is 12.0. The second-order valence-corrected chi connectivity index (χ2v) is 8.86. The second-order valence-electron chi connectivity index (χ2n) is 7.07. The predicted octanol–water partition coefficient (Wildman–Crippen LogP) is -1.37. The van der Waals surface area contributed by atoms with Crippen LogP contribution in [0.5, 0.6) is 0 Å². The van der Waals surface area contributed by atoms with Gasteiger partial charge in [-0.3, -0.25) is 18.9 Å². The normalized spacial score (nSPS) is 22.0. The number of hydrogen-bond donors (Lipinski definition) is 5. The highest BCUT2D eigenvalue weighted by Gasteiger charge is 2.40. The van der Waals surface area contributed by atoms with Gasteiger partial charge in [-0.25, -0.2) is 8.42 Å². The average Bonchev–Trinajstić information content (AvgIpc) is 3.21. The van der Waals surface area contributed by atoms with Gasteiger partial charge in [-0.2, -0.15) is 0 Å². The van der Waals surface area contributed by atoms with Gasteiger partial charge in [-0.05, 0) is 31.5 Å². The third kappa shape index (κ3) is 3.71. The van der Waals surface area contributed by atoms with Crippen LogP contribution < -0.4 is 27.7 Å². The van der Waals surface area contributed by atoms with E-state index in [-0.39, 0.29) is 29.0 Å². The first-order valence-corrected chi connectivity index (χ1v) is 10.8. The number of amides is 1. The topological polar surface area (TPSA) is 176 Å². The molecule has 12 heteroatoms. The highest BCUT2D eigenvalue weighted by molar-refractivity contribution is 7.89. The smallest absolute Gasteiger partial charge is 0.272 e. The summed E-state index contributed by atoms with van der Waals surface area (Å²) in [4.78, 5) is 29.3. The number of aromatic amines is 1. The van der Waals surface area contributed by atoms with E-state index in [1.807, 2.05) is 0 Å². The monoisotopic (exact) mass is 435 g/mol. The van der Waals surface area contributed by atoms with Gasteiger partial charge in [0.05, 0.1) is 17.8 Å². The van der Waals surface area contributed by atoms with E-state index in [0.29, 0.717) is 37.1 Å². The summed E-state index contributed by atoms with van der Waals surface area (Å²) in [7, 11) is -4.30. The maximum absolute atomic E-state index is 13.7.